The van der Waals surface area contributed by atoms with E-state index in [2.05, 4.69) is 5.32 Å². The van der Waals surface area contributed by atoms with Crippen LogP contribution < -0.4 is 17.7 Å². The van der Waals surface area contributed by atoms with Gasteiger partial charge in [0.2, 0.25) is 0 Å². The highest BCUT2D eigenvalue weighted by atomic mass is 35.5. The third kappa shape index (κ3) is 2.62. The highest BCUT2D eigenvalue weighted by molar-refractivity contribution is 5.58. The summed E-state index contributed by atoms with van der Waals surface area (Å²) in [5, 5.41) is 2.98. The predicted molar refractivity (Wildman–Crippen MR) is 56.9 cm³/mol. The van der Waals surface area contributed by atoms with Gasteiger partial charge in [-0.3, -0.25) is 0 Å². The van der Waals surface area contributed by atoms with E-state index in [0.29, 0.717) is 17.9 Å². The second-order valence-electron chi connectivity index (χ2n) is 3.28. The summed E-state index contributed by atoms with van der Waals surface area (Å²) in [5.74, 6) is 1.11. The molecule has 0 amide bonds. The van der Waals surface area contributed by atoms with Crippen LogP contribution in [-0.2, 0) is 6.54 Å². The Labute approximate surface area is 99.9 Å². The van der Waals surface area contributed by atoms with Crippen molar-refractivity contribution in [2.24, 2.45) is 0 Å². The molecule has 0 radical (unpaired) electrons. The van der Waals surface area contributed by atoms with Gasteiger partial charge in [0.25, 0.3) is 0 Å². The molecule has 2 nitrogen and oxygen atoms in total. The van der Waals surface area contributed by atoms with Crippen molar-refractivity contribution in [1.82, 2.24) is 5.32 Å². The Morgan fingerprint density at radius 2 is 1.94 bits per heavy atom. The lowest BCUT2D eigenvalue weighted by Gasteiger charge is -1.98. The number of furan rings is 1. The molecule has 2 rings (SSSR count). The number of hydrogen-bond donors (Lipinski definition) is 1. The second kappa shape index (κ2) is 5.68. The average Bonchev–Trinajstić information content (AvgIpc) is 2.68. The number of rotatable bonds is 3. The SMILES string of the molecule is CNCc1ccc(-c2ccccc2F)o1.[Cl-]. The molecule has 0 bridgehead atoms. The summed E-state index contributed by atoms with van der Waals surface area (Å²) in [6.45, 7) is 0.647. The standard InChI is InChI=1S/C12H12FNO.ClH/c1-14-8-9-6-7-12(15-9)10-4-2-3-5-11(10)13;/h2-7,14H,8H2,1H3;1H/p-1. The van der Waals surface area contributed by atoms with Crippen molar-refractivity contribution in [2.75, 3.05) is 7.05 Å². The lowest BCUT2D eigenvalue weighted by atomic mass is 10.1. The largest absolute Gasteiger partial charge is 1.00 e. The molecule has 1 aromatic heterocycles. The van der Waals surface area contributed by atoms with Gasteiger partial charge in [-0.25, -0.2) is 4.39 Å². The zero-order valence-corrected chi connectivity index (χ0v) is 9.59. The first-order chi connectivity index (χ1) is 7.31. The summed E-state index contributed by atoms with van der Waals surface area (Å²) in [6.07, 6.45) is 0. The smallest absolute Gasteiger partial charge is 0.137 e. The third-order valence-electron chi connectivity index (χ3n) is 2.15. The molecule has 0 aliphatic rings. The predicted octanol–water partition coefficient (Wildman–Crippen LogP) is -0.191. The molecular formula is C12H12ClFNO-. The fraction of sp³-hybridized carbons (Fsp3) is 0.167. The van der Waals surface area contributed by atoms with Gasteiger partial charge >= 0.3 is 0 Å². The molecule has 1 N–H and O–H groups in total. The van der Waals surface area contributed by atoms with Gasteiger partial charge in [-0.05, 0) is 31.3 Å². The van der Waals surface area contributed by atoms with Crippen molar-refractivity contribution < 1.29 is 21.2 Å². The lowest BCUT2D eigenvalue weighted by Crippen LogP contribution is -3.00. The minimum Gasteiger partial charge on any atom is -1.00 e. The molecule has 0 aliphatic carbocycles. The van der Waals surface area contributed by atoms with Gasteiger partial charge in [-0.2, -0.15) is 0 Å². The minimum absolute atomic E-state index is 0. The Kier molecular flexibility index (Phi) is 4.52. The number of nitrogens with one attached hydrogen (secondary N) is 1. The summed E-state index contributed by atoms with van der Waals surface area (Å²) >= 11 is 0. The summed E-state index contributed by atoms with van der Waals surface area (Å²) in [5.41, 5.74) is 0.500. The molecule has 1 aromatic carbocycles. The molecule has 0 unspecified atom stereocenters. The van der Waals surface area contributed by atoms with Crippen LogP contribution >= 0.6 is 0 Å². The summed E-state index contributed by atoms with van der Waals surface area (Å²) in [4.78, 5) is 0. The van der Waals surface area contributed by atoms with Crippen molar-refractivity contribution in [1.29, 1.82) is 0 Å². The number of halogens is 2. The highest BCUT2D eigenvalue weighted by Gasteiger charge is 2.08. The molecule has 16 heavy (non-hydrogen) atoms. The third-order valence-corrected chi connectivity index (χ3v) is 2.15. The van der Waals surface area contributed by atoms with Crippen LogP contribution in [0.15, 0.2) is 40.8 Å². The summed E-state index contributed by atoms with van der Waals surface area (Å²) < 4.78 is 18.9. The maximum atomic E-state index is 13.4. The van der Waals surface area contributed by atoms with Crippen LogP contribution in [0.25, 0.3) is 11.3 Å². The van der Waals surface area contributed by atoms with E-state index in [1.807, 2.05) is 13.1 Å². The van der Waals surface area contributed by atoms with Gasteiger partial charge < -0.3 is 22.1 Å². The molecule has 0 fully saturated rings. The van der Waals surface area contributed by atoms with E-state index in [1.54, 1.807) is 24.3 Å². The van der Waals surface area contributed by atoms with Gasteiger partial charge in [0.1, 0.15) is 17.3 Å². The zero-order valence-electron chi connectivity index (χ0n) is 8.84. The topological polar surface area (TPSA) is 25.2 Å². The van der Waals surface area contributed by atoms with Crippen molar-refractivity contribution in [3.63, 3.8) is 0 Å². The molecule has 0 saturated carbocycles. The van der Waals surface area contributed by atoms with E-state index < -0.39 is 0 Å². The van der Waals surface area contributed by atoms with Crippen LogP contribution in [0.5, 0.6) is 0 Å². The van der Waals surface area contributed by atoms with E-state index in [4.69, 9.17) is 4.42 Å². The summed E-state index contributed by atoms with van der Waals surface area (Å²) in [6, 6.07) is 10.2. The van der Waals surface area contributed by atoms with Gasteiger partial charge in [-0.15, -0.1) is 0 Å². The van der Waals surface area contributed by atoms with E-state index in [-0.39, 0.29) is 18.2 Å². The monoisotopic (exact) mass is 240 g/mol. The fourth-order valence-electron chi connectivity index (χ4n) is 1.45. The first-order valence-corrected chi connectivity index (χ1v) is 4.79. The van der Waals surface area contributed by atoms with E-state index in [1.165, 1.54) is 6.07 Å². The van der Waals surface area contributed by atoms with Gasteiger partial charge in [0, 0.05) is 0 Å². The molecule has 0 aliphatic heterocycles. The molecule has 2 aromatic rings. The molecule has 0 spiro atoms. The zero-order chi connectivity index (χ0) is 10.7. The van der Waals surface area contributed by atoms with Crippen LogP contribution in [0, 0.1) is 5.82 Å². The molecule has 0 atom stereocenters. The van der Waals surface area contributed by atoms with E-state index in [0.717, 1.165) is 5.76 Å². The van der Waals surface area contributed by atoms with E-state index >= 15 is 0 Å². The Balaban J connectivity index is 0.00000128. The normalized spacial score (nSPS) is 9.88. The maximum Gasteiger partial charge on any atom is 0.137 e. The number of hydrogen-bond acceptors (Lipinski definition) is 2. The van der Waals surface area contributed by atoms with Crippen molar-refractivity contribution in [2.45, 2.75) is 6.54 Å². The molecule has 4 heteroatoms. The number of benzene rings is 1. The fourth-order valence-corrected chi connectivity index (χ4v) is 1.45. The van der Waals surface area contributed by atoms with Crippen LogP contribution in [0.1, 0.15) is 5.76 Å². The minimum atomic E-state index is -0.261. The molecule has 1 heterocycles. The average molecular weight is 241 g/mol. The van der Waals surface area contributed by atoms with Crippen molar-refractivity contribution in [3.05, 3.63) is 48.0 Å². The Morgan fingerprint density at radius 1 is 1.19 bits per heavy atom. The first-order valence-electron chi connectivity index (χ1n) is 4.79. The van der Waals surface area contributed by atoms with Gasteiger partial charge in [0.05, 0.1) is 12.1 Å². The maximum absolute atomic E-state index is 13.4. The van der Waals surface area contributed by atoms with Crippen LogP contribution in [0.4, 0.5) is 4.39 Å². The Bertz CT molecular complexity index is 456. The van der Waals surface area contributed by atoms with E-state index in [9.17, 15) is 4.39 Å². The quantitative estimate of drug-likeness (QED) is 0.805. The molecule has 86 valence electrons. The van der Waals surface area contributed by atoms with Crippen molar-refractivity contribution >= 4 is 0 Å². The van der Waals surface area contributed by atoms with Gasteiger partial charge in [0.15, 0.2) is 0 Å². The molecular weight excluding hydrogens is 229 g/mol. The highest BCUT2D eigenvalue weighted by Crippen LogP contribution is 2.24. The molecule has 0 saturated heterocycles. The van der Waals surface area contributed by atoms with Crippen LogP contribution in [-0.4, -0.2) is 7.05 Å². The van der Waals surface area contributed by atoms with Crippen molar-refractivity contribution in [3.8, 4) is 11.3 Å². The van der Waals surface area contributed by atoms with Crippen LogP contribution in [0.2, 0.25) is 0 Å². The second-order valence-corrected chi connectivity index (χ2v) is 3.28. The summed E-state index contributed by atoms with van der Waals surface area (Å²) in [7, 11) is 1.84. The van der Waals surface area contributed by atoms with Gasteiger partial charge in [-0.1, -0.05) is 12.1 Å². The van der Waals surface area contributed by atoms with Crippen LogP contribution in [0.3, 0.4) is 0 Å². The Morgan fingerprint density at radius 3 is 2.62 bits per heavy atom. The first kappa shape index (κ1) is 12.7. The Hall–Kier alpha value is -1.32. The lowest BCUT2D eigenvalue weighted by molar-refractivity contribution is -0.00000426.